The van der Waals surface area contributed by atoms with Crippen molar-refractivity contribution in [3.8, 4) is 5.75 Å². The van der Waals surface area contributed by atoms with Crippen molar-refractivity contribution in [2.24, 2.45) is 4.99 Å². The first-order valence-corrected chi connectivity index (χ1v) is 8.03. The number of aromatic nitrogens is 3. The maximum absolute atomic E-state index is 13.4. The van der Waals surface area contributed by atoms with E-state index in [0.29, 0.717) is 25.6 Å². The average Bonchev–Trinajstić information content (AvgIpc) is 3.06. The molecule has 0 saturated heterocycles. The Morgan fingerprint density at radius 3 is 2.80 bits per heavy atom. The normalized spacial score (nSPS) is 11.4. The van der Waals surface area contributed by atoms with Crippen molar-refractivity contribution in [1.82, 2.24) is 25.4 Å². The molecule has 25 heavy (non-hydrogen) atoms. The molecule has 2 rings (SSSR count). The number of hydrogen-bond donors (Lipinski definition) is 2. The molecule has 0 radical (unpaired) electrons. The van der Waals surface area contributed by atoms with E-state index in [0.717, 1.165) is 24.4 Å². The molecule has 0 aliphatic carbocycles. The van der Waals surface area contributed by atoms with Gasteiger partial charge in [0.15, 0.2) is 17.5 Å². The molecule has 9 heteroatoms. The number of benzene rings is 1. The molecule has 0 bridgehead atoms. The predicted octanol–water partition coefficient (Wildman–Crippen LogP) is 1.36. The van der Waals surface area contributed by atoms with Crippen LogP contribution in [0.25, 0.3) is 0 Å². The molecule has 0 aliphatic rings. The van der Waals surface area contributed by atoms with Gasteiger partial charge in [0.2, 0.25) is 0 Å². The zero-order chi connectivity index (χ0) is 18.1. The fourth-order valence-electron chi connectivity index (χ4n) is 2.18. The summed E-state index contributed by atoms with van der Waals surface area (Å²) in [6.45, 7) is 4.03. The molecule has 0 amide bonds. The Hall–Kier alpha value is -2.71. The minimum absolute atomic E-state index is 0.0193. The van der Waals surface area contributed by atoms with Crippen LogP contribution in [-0.2, 0) is 13.0 Å². The molecule has 0 saturated carbocycles. The molecule has 1 aromatic carbocycles. The predicted molar refractivity (Wildman–Crippen MR) is 90.6 cm³/mol. The van der Waals surface area contributed by atoms with Gasteiger partial charge in [-0.15, -0.1) is 10.2 Å². The number of rotatable bonds is 8. The van der Waals surface area contributed by atoms with Gasteiger partial charge in [-0.25, -0.2) is 8.78 Å². The highest BCUT2D eigenvalue weighted by molar-refractivity contribution is 5.79. The van der Waals surface area contributed by atoms with Crippen LogP contribution in [0.1, 0.15) is 12.7 Å². The van der Waals surface area contributed by atoms with E-state index in [-0.39, 0.29) is 12.4 Å². The fourth-order valence-corrected chi connectivity index (χ4v) is 2.18. The van der Waals surface area contributed by atoms with E-state index >= 15 is 0 Å². The monoisotopic (exact) mass is 352 g/mol. The average molecular weight is 352 g/mol. The van der Waals surface area contributed by atoms with Gasteiger partial charge in [-0.2, -0.15) is 0 Å². The summed E-state index contributed by atoms with van der Waals surface area (Å²) in [6, 6.07) is 3.21. The van der Waals surface area contributed by atoms with Gasteiger partial charge in [0.1, 0.15) is 24.6 Å². The number of nitrogens with one attached hydrogen (secondary N) is 2. The Labute approximate surface area is 145 Å². The molecule has 1 aromatic heterocycles. The molecule has 1 heterocycles. The van der Waals surface area contributed by atoms with Crippen molar-refractivity contribution in [1.29, 1.82) is 0 Å². The lowest BCUT2D eigenvalue weighted by atomic mass is 10.3. The summed E-state index contributed by atoms with van der Waals surface area (Å²) in [7, 11) is 1.66. The Kier molecular flexibility index (Phi) is 7.12. The lowest BCUT2D eigenvalue weighted by molar-refractivity contribution is 0.304. The smallest absolute Gasteiger partial charge is 0.191 e. The summed E-state index contributed by atoms with van der Waals surface area (Å²) in [5, 5.41) is 14.1. The number of hydrogen-bond acceptors (Lipinski definition) is 4. The van der Waals surface area contributed by atoms with E-state index < -0.39 is 11.6 Å². The molecule has 0 spiro atoms. The van der Waals surface area contributed by atoms with E-state index in [4.69, 9.17) is 4.74 Å². The van der Waals surface area contributed by atoms with Gasteiger partial charge in [-0.1, -0.05) is 6.92 Å². The number of nitrogens with zero attached hydrogens (tertiary/aromatic N) is 4. The highest BCUT2D eigenvalue weighted by Gasteiger charge is 2.05. The SMILES string of the molecule is CCc1nncn1CCNC(=NC)NCCOc1ccc(F)cc1F. The number of halogens is 2. The van der Waals surface area contributed by atoms with Crippen LogP contribution in [0.15, 0.2) is 29.5 Å². The summed E-state index contributed by atoms with van der Waals surface area (Å²) in [4.78, 5) is 4.10. The summed E-state index contributed by atoms with van der Waals surface area (Å²) >= 11 is 0. The molecule has 0 fully saturated rings. The van der Waals surface area contributed by atoms with E-state index in [1.54, 1.807) is 13.4 Å². The van der Waals surface area contributed by atoms with Crippen LogP contribution in [0.3, 0.4) is 0 Å². The molecule has 2 aromatic rings. The second kappa shape index (κ2) is 9.55. The summed E-state index contributed by atoms with van der Waals surface area (Å²) < 4.78 is 33.5. The van der Waals surface area contributed by atoms with E-state index in [1.165, 1.54) is 6.07 Å². The Morgan fingerprint density at radius 2 is 2.08 bits per heavy atom. The number of aliphatic imine (C=N–C) groups is 1. The van der Waals surface area contributed by atoms with Gasteiger partial charge in [-0.05, 0) is 12.1 Å². The third kappa shape index (κ3) is 5.70. The Balaban J connectivity index is 1.68. The first-order chi connectivity index (χ1) is 12.1. The van der Waals surface area contributed by atoms with E-state index in [9.17, 15) is 8.78 Å². The van der Waals surface area contributed by atoms with E-state index in [2.05, 4.69) is 25.8 Å². The fraction of sp³-hybridized carbons (Fsp3) is 0.438. The standard InChI is InChI=1S/C16H22F2N6O/c1-3-15-23-22-11-24(15)8-6-20-16(19-2)21-7-9-25-14-5-4-12(17)10-13(14)18/h4-5,10-11H,3,6-9H2,1-2H3,(H2,19,20,21). The van der Waals surface area contributed by atoms with Gasteiger partial charge >= 0.3 is 0 Å². The van der Waals surface area contributed by atoms with Crippen molar-refractivity contribution < 1.29 is 13.5 Å². The first-order valence-electron chi connectivity index (χ1n) is 8.03. The second-order valence-electron chi connectivity index (χ2n) is 5.14. The van der Waals surface area contributed by atoms with Crippen LogP contribution in [0.5, 0.6) is 5.75 Å². The Bertz CT molecular complexity index is 704. The van der Waals surface area contributed by atoms with Crippen LogP contribution in [0, 0.1) is 11.6 Å². The molecule has 0 atom stereocenters. The zero-order valence-electron chi connectivity index (χ0n) is 14.3. The minimum Gasteiger partial charge on any atom is -0.489 e. The van der Waals surface area contributed by atoms with Crippen molar-refractivity contribution >= 4 is 5.96 Å². The van der Waals surface area contributed by atoms with Crippen molar-refractivity contribution in [2.45, 2.75) is 19.9 Å². The topological polar surface area (TPSA) is 76.4 Å². The summed E-state index contributed by atoms with van der Waals surface area (Å²) in [6.07, 6.45) is 2.52. The van der Waals surface area contributed by atoms with Gasteiger partial charge in [0, 0.05) is 32.6 Å². The van der Waals surface area contributed by atoms with E-state index in [1.807, 2.05) is 11.5 Å². The lowest BCUT2D eigenvalue weighted by Crippen LogP contribution is -2.40. The second-order valence-corrected chi connectivity index (χ2v) is 5.14. The molecule has 7 nitrogen and oxygen atoms in total. The molecular weight excluding hydrogens is 330 g/mol. The van der Waals surface area contributed by atoms with Gasteiger partial charge in [0.25, 0.3) is 0 Å². The van der Waals surface area contributed by atoms with Crippen LogP contribution >= 0.6 is 0 Å². The van der Waals surface area contributed by atoms with Gasteiger partial charge < -0.3 is 19.9 Å². The largest absolute Gasteiger partial charge is 0.489 e. The molecule has 2 N–H and O–H groups in total. The Morgan fingerprint density at radius 1 is 1.28 bits per heavy atom. The lowest BCUT2D eigenvalue weighted by Gasteiger charge is -2.13. The third-order valence-corrected chi connectivity index (χ3v) is 3.43. The first kappa shape index (κ1) is 18.6. The molecule has 0 unspecified atom stereocenters. The molecule has 136 valence electrons. The van der Waals surface area contributed by atoms with Crippen molar-refractivity contribution in [2.75, 3.05) is 26.7 Å². The maximum Gasteiger partial charge on any atom is 0.191 e. The number of ether oxygens (including phenoxy) is 1. The number of guanidine groups is 1. The van der Waals surface area contributed by atoms with Gasteiger partial charge in [-0.3, -0.25) is 4.99 Å². The van der Waals surface area contributed by atoms with Crippen molar-refractivity contribution in [3.63, 3.8) is 0 Å². The van der Waals surface area contributed by atoms with Crippen LogP contribution in [0.4, 0.5) is 8.78 Å². The number of aryl methyl sites for hydroxylation is 1. The minimum atomic E-state index is -0.719. The van der Waals surface area contributed by atoms with Crippen LogP contribution in [-0.4, -0.2) is 47.5 Å². The third-order valence-electron chi connectivity index (χ3n) is 3.43. The highest BCUT2D eigenvalue weighted by Crippen LogP contribution is 2.17. The van der Waals surface area contributed by atoms with Crippen LogP contribution < -0.4 is 15.4 Å². The molecule has 0 aliphatic heterocycles. The summed E-state index contributed by atoms with van der Waals surface area (Å²) in [5.41, 5.74) is 0. The quantitative estimate of drug-likeness (QED) is 0.426. The van der Waals surface area contributed by atoms with Gasteiger partial charge in [0.05, 0.1) is 6.54 Å². The summed E-state index contributed by atoms with van der Waals surface area (Å²) in [5.74, 6) is 0.203. The van der Waals surface area contributed by atoms with Crippen molar-refractivity contribution in [3.05, 3.63) is 42.0 Å². The maximum atomic E-state index is 13.4. The zero-order valence-corrected chi connectivity index (χ0v) is 14.3. The molecular formula is C16H22F2N6O. The van der Waals surface area contributed by atoms with Crippen LogP contribution in [0.2, 0.25) is 0 Å². The highest BCUT2D eigenvalue weighted by atomic mass is 19.1.